The number of aliphatic imine (C=N–C) groups is 1. The first-order chi connectivity index (χ1) is 18.9. The van der Waals surface area contributed by atoms with Gasteiger partial charge in [-0.1, -0.05) is 79.6 Å². The van der Waals surface area contributed by atoms with Crippen molar-refractivity contribution in [3.8, 4) is 0 Å². The number of nitrogens with zero attached hydrogens (tertiary/aromatic N) is 1. The Morgan fingerprint density at radius 1 is 1.12 bits per heavy atom. The molecule has 0 saturated heterocycles. The highest BCUT2D eigenvalue weighted by atomic mass is 32.1. The summed E-state index contributed by atoms with van der Waals surface area (Å²) in [7, 11) is 1.74. The van der Waals surface area contributed by atoms with Gasteiger partial charge in [0.1, 0.15) is 5.82 Å². The molecule has 1 atom stereocenters. The molecule has 0 fully saturated rings. The average molecular weight is 566 g/mol. The fourth-order valence-electron chi connectivity index (χ4n) is 5.36. The molecule has 0 aromatic heterocycles. The zero-order valence-corrected chi connectivity index (χ0v) is 24.4. The van der Waals surface area contributed by atoms with E-state index in [0.717, 1.165) is 51.6 Å². The third-order valence-corrected chi connectivity index (χ3v) is 7.71. The van der Waals surface area contributed by atoms with Gasteiger partial charge in [-0.15, -0.1) is 0 Å². The van der Waals surface area contributed by atoms with Crippen molar-refractivity contribution in [1.29, 1.82) is 5.41 Å². The minimum Gasteiger partial charge on any atom is -0.308 e. The number of halogens is 3. The highest BCUT2D eigenvalue weighted by Gasteiger charge is 2.42. The molecule has 0 spiro atoms. The second-order valence-electron chi connectivity index (χ2n) is 10.6. The summed E-state index contributed by atoms with van der Waals surface area (Å²) >= 11 is 4.23. The van der Waals surface area contributed by atoms with Crippen molar-refractivity contribution in [2.24, 2.45) is 10.4 Å². The van der Waals surface area contributed by atoms with E-state index >= 15 is 0 Å². The Labute approximate surface area is 241 Å². The molecular formula is C33H38F3N3S. The van der Waals surface area contributed by atoms with Crippen molar-refractivity contribution >= 4 is 24.7 Å². The molecular weight excluding hydrogens is 527 g/mol. The van der Waals surface area contributed by atoms with Crippen LogP contribution in [0.1, 0.15) is 49.8 Å². The van der Waals surface area contributed by atoms with Gasteiger partial charge in [0.25, 0.3) is 5.92 Å². The third-order valence-electron chi connectivity index (χ3n) is 7.49. The van der Waals surface area contributed by atoms with Crippen LogP contribution in [-0.2, 0) is 18.8 Å². The predicted octanol–water partition coefficient (Wildman–Crippen LogP) is 8.40. The summed E-state index contributed by atoms with van der Waals surface area (Å²) in [6, 6.07) is 12.8. The van der Waals surface area contributed by atoms with Crippen LogP contribution in [0.2, 0.25) is 0 Å². The first kappa shape index (κ1) is 31.4. The zero-order valence-electron chi connectivity index (χ0n) is 23.5. The van der Waals surface area contributed by atoms with Gasteiger partial charge in [0.2, 0.25) is 0 Å². The minimum absolute atomic E-state index is 0.0393. The van der Waals surface area contributed by atoms with E-state index in [2.05, 4.69) is 41.8 Å². The fourth-order valence-corrected chi connectivity index (χ4v) is 5.47. The van der Waals surface area contributed by atoms with E-state index in [0.29, 0.717) is 38.6 Å². The topological polar surface area (TPSA) is 48.2 Å². The Balaban J connectivity index is 2.17. The minimum atomic E-state index is -2.93. The smallest absolute Gasteiger partial charge is 0.270 e. The van der Waals surface area contributed by atoms with Crippen molar-refractivity contribution in [2.75, 3.05) is 13.6 Å². The predicted molar refractivity (Wildman–Crippen MR) is 164 cm³/mol. The van der Waals surface area contributed by atoms with Crippen molar-refractivity contribution in [1.82, 2.24) is 4.72 Å². The number of allylic oxidation sites excluding steroid dienone is 5. The van der Waals surface area contributed by atoms with Crippen molar-refractivity contribution in [3.63, 3.8) is 0 Å². The van der Waals surface area contributed by atoms with E-state index in [-0.39, 0.29) is 11.4 Å². The molecule has 7 heteroatoms. The van der Waals surface area contributed by atoms with E-state index in [1.165, 1.54) is 30.5 Å². The van der Waals surface area contributed by atoms with Crippen LogP contribution in [0, 0.1) is 16.6 Å². The summed E-state index contributed by atoms with van der Waals surface area (Å²) in [5.41, 5.74) is 6.65. The molecule has 0 aliphatic heterocycles. The van der Waals surface area contributed by atoms with Crippen LogP contribution in [0.4, 0.5) is 13.2 Å². The Bertz CT molecular complexity index is 1330. The zero-order chi connectivity index (χ0) is 29.5. The number of benzene rings is 2. The van der Waals surface area contributed by atoms with E-state index < -0.39 is 11.3 Å². The molecule has 0 amide bonds. The second kappa shape index (κ2) is 13.5. The number of thiol groups is 1. The van der Waals surface area contributed by atoms with Crippen LogP contribution >= 0.6 is 12.8 Å². The van der Waals surface area contributed by atoms with Gasteiger partial charge in [0, 0.05) is 49.8 Å². The van der Waals surface area contributed by atoms with Crippen LogP contribution in [0.15, 0.2) is 101 Å². The molecule has 1 unspecified atom stereocenters. The number of hydrogen-bond acceptors (Lipinski definition) is 4. The molecule has 2 N–H and O–H groups in total. The maximum atomic E-state index is 14.0. The molecule has 2 aromatic carbocycles. The monoisotopic (exact) mass is 565 g/mol. The molecule has 2 aromatic rings. The molecule has 40 heavy (non-hydrogen) atoms. The molecule has 0 saturated carbocycles. The van der Waals surface area contributed by atoms with Gasteiger partial charge in [0.15, 0.2) is 0 Å². The summed E-state index contributed by atoms with van der Waals surface area (Å²) in [4.78, 5) is 4.59. The first-order valence-corrected chi connectivity index (χ1v) is 13.7. The maximum absolute atomic E-state index is 14.0. The van der Waals surface area contributed by atoms with Crippen LogP contribution in [0.3, 0.4) is 0 Å². The normalized spacial score (nSPS) is 18.0. The summed E-state index contributed by atoms with van der Waals surface area (Å²) < 4.78 is 44.4. The van der Waals surface area contributed by atoms with Gasteiger partial charge in [-0.3, -0.25) is 9.71 Å². The lowest BCUT2D eigenvalue weighted by Crippen LogP contribution is -2.36. The van der Waals surface area contributed by atoms with E-state index in [1.54, 1.807) is 31.3 Å². The molecule has 3 rings (SSSR count). The Morgan fingerprint density at radius 2 is 1.75 bits per heavy atom. The number of rotatable bonds is 13. The lowest BCUT2D eigenvalue weighted by molar-refractivity contribution is 0.0174. The van der Waals surface area contributed by atoms with Gasteiger partial charge in [0.05, 0.1) is 0 Å². The molecule has 0 radical (unpaired) electrons. The number of hydrogen-bond donors (Lipinski definition) is 3. The first-order valence-electron chi connectivity index (χ1n) is 13.3. The van der Waals surface area contributed by atoms with Gasteiger partial charge in [-0.25, -0.2) is 13.2 Å². The van der Waals surface area contributed by atoms with E-state index in [1.807, 2.05) is 6.92 Å². The highest BCUT2D eigenvalue weighted by Crippen LogP contribution is 2.50. The summed E-state index contributed by atoms with van der Waals surface area (Å²) in [6.07, 6.45) is 6.25. The van der Waals surface area contributed by atoms with Crippen LogP contribution < -0.4 is 4.72 Å². The van der Waals surface area contributed by atoms with Crippen molar-refractivity contribution < 1.29 is 13.2 Å². The molecule has 3 nitrogen and oxygen atoms in total. The molecule has 1 aliphatic carbocycles. The van der Waals surface area contributed by atoms with E-state index in [4.69, 9.17) is 5.41 Å². The summed E-state index contributed by atoms with van der Waals surface area (Å²) in [5, 5.41) is 8.34. The highest BCUT2D eigenvalue weighted by molar-refractivity contribution is 7.78. The lowest BCUT2D eigenvalue weighted by Gasteiger charge is -2.43. The van der Waals surface area contributed by atoms with Crippen LogP contribution in [-0.4, -0.2) is 25.5 Å². The lowest BCUT2D eigenvalue weighted by atomic mass is 9.61. The standard InChI is InChI=1S/C33H38F3N3S/c1-22(2)16-31(38-5)23(3)33(19-25-6-10-28(11-7-25)32(4,35)36)20-27(21-37)26(18-29(33)14-15-39-40)17-24-8-12-30(34)13-9-24/h6-13,18,21,37,39-40H,1,3,14-17,19-20H2,2,4-5H3. The Morgan fingerprint density at radius 3 is 2.27 bits per heavy atom. The van der Waals surface area contributed by atoms with Gasteiger partial charge < -0.3 is 5.41 Å². The van der Waals surface area contributed by atoms with Gasteiger partial charge in [-0.2, -0.15) is 0 Å². The molecule has 0 heterocycles. The Hall–Kier alpha value is -3.16. The fraction of sp³-hybridized carbons (Fsp3) is 0.333. The number of nitrogens with one attached hydrogen (secondary N) is 2. The largest absolute Gasteiger partial charge is 0.308 e. The van der Waals surface area contributed by atoms with Crippen LogP contribution in [0.5, 0.6) is 0 Å². The van der Waals surface area contributed by atoms with E-state index in [9.17, 15) is 13.2 Å². The van der Waals surface area contributed by atoms with Crippen molar-refractivity contribution in [3.05, 3.63) is 118 Å². The second-order valence-corrected chi connectivity index (χ2v) is 10.9. The van der Waals surface area contributed by atoms with Gasteiger partial charge >= 0.3 is 0 Å². The number of alkyl halides is 2. The molecule has 0 bridgehead atoms. The molecule has 1 aliphatic rings. The quantitative estimate of drug-likeness (QED) is 0.127. The van der Waals surface area contributed by atoms with Crippen molar-refractivity contribution in [2.45, 2.75) is 51.9 Å². The average Bonchev–Trinajstić information content (AvgIpc) is 2.92. The Kier molecular flexibility index (Phi) is 10.6. The summed E-state index contributed by atoms with van der Waals surface area (Å²) in [5.74, 6) is -3.22. The van der Waals surface area contributed by atoms with Crippen LogP contribution in [0.25, 0.3) is 0 Å². The SMILES string of the molecule is C=C(C)CC(=NC)C(=C)C1(Cc2ccc(C(C)(F)F)cc2)CC(C=N)=C(Cc2ccc(F)cc2)C=C1CCNS. The third kappa shape index (κ3) is 7.52. The molecule has 212 valence electrons. The maximum Gasteiger partial charge on any atom is 0.270 e. The van der Waals surface area contributed by atoms with Gasteiger partial charge in [-0.05, 0) is 72.6 Å². The summed E-state index contributed by atoms with van der Waals surface area (Å²) in [6.45, 7) is 12.1.